The molecular weight excluding hydrogens is 162 g/mol. The number of aromatic nitrogens is 1. The fraction of sp³-hybridized carbons (Fsp3) is 0.143. The van der Waals surface area contributed by atoms with E-state index in [1.54, 1.807) is 0 Å². The highest BCUT2D eigenvalue weighted by Crippen LogP contribution is 2.05. The largest absolute Gasteiger partial charge is 0.506 e. The van der Waals surface area contributed by atoms with E-state index in [0.717, 1.165) is 19.4 Å². The van der Waals surface area contributed by atoms with E-state index in [9.17, 15) is 9.59 Å². The summed E-state index contributed by atoms with van der Waals surface area (Å²) in [6, 6.07) is 1.05. The zero-order valence-electron chi connectivity index (χ0n) is 6.33. The van der Waals surface area contributed by atoms with Crippen molar-refractivity contribution in [2.75, 3.05) is 7.11 Å². The van der Waals surface area contributed by atoms with Gasteiger partial charge in [-0.1, -0.05) is 0 Å². The summed E-state index contributed by atoms with van der Waals surface area (Å²) in [4.78, 5) is 23.9. The number of rotatable bonds is 1. The van der Waals surface area contributed by atoms with E-state index in [4.69, 9.17) is 5.11 Å². The van der Waals surface area contributed by atoms with Gasteiger partial charge in [0, 0.05) is 12.3 Å². The molecule has 5 heteroatoms. The smallest absolute Gasteiger partial charge is 0.343 e. The standard InChI is InChI=1S/C7H7NO4/c1-12-7(11)5-2-4(9)3-8-6(5)10/h2-3,9H,1H3,(H,8,10). The van der Waals surface area contributed by atoms with Crippen molar-refractivity contribution in [1.29, 1.82) is 0 Å². The maximum atomic E-state index is 10.9. The summed E-state index contributed by atoms with van der Waals surface area (Å²) in [5, 5.41) is 8.90. The number of H-pyrrole nitrogens is 1. The maximum absolute atomic E-state index is 10.9. The van der Waals surface area contributed by atoms with Crippen molar-refractivity contribution in [1.82, 2.24) is 4.98 Å². The molecule has 0 fully saturated rings. The van der Waals surface area contributed by atoms with Crippen molar-refractivity contribution in [3.8, 4) is 5.75 Å². The van der Waals surface area contributed by atoms with E-state index in [2.05, 4.69) is 9.72 Å². The Hall–Kier alpha value is -1.78. The molecule has 64 valence electrons. The molecule has 0 spiro atoms. The van der Waals surface area contributed by atoms with E-state index >= 15 is 0 Å². The first kappa shape index (κ1) is 8.32. The fourth-order valence-electron chi connectivity index (χ4n) is 0.734. The second-order valence-electron chi connectivity index (χ2n) is 2.09. The number of aromatic hydroxyl groups is 1. The highest BCUT2D eigenvalue weighted by Gasteiger charge is 2.10. The van der Waals surface area contributed by atoms with Gasteiger partial charge in [0.05, 0.1) is 7.11 Å². The summed E-state index contributed by atoms with van der Waals surface area (Å²) in [5.74, 6) is -0.956. The Morgan fingerprint density at radius 1 is 1.67 bits per heavy atom. The van der Waals surface area contributed by atoms with Gasteiger partial charge in [-0.2, -0.15) is 0 Å². The Labute approximate surface area is 67.6 Å². The number of esters is 1. The van der Waals surface area contributed by atoms with Gasteiger partial charge in [-0.25, -0.2) is 4.79 Å². The van der Waals surface area contributed by atoms with Crippen LogP contribution in [0.25, 0.3) is 0 Å². The van der Waals surface area contributed by atoms with Crippen molar-refractivity contribution in [2.24, 2.45) is 0 Å². The van der Waals surface area contributed by atoms with Gasteiger partial charge >= 0.3 is 5.97 Å². The van der Waals surface area contributed by atoms with E-state index in [1.165, 1.54) is 0 Å². The lowest BCUT2D eigenvalue weighted by Gasteiger charge is -1.97. The molecule has 0 bridgehead atoms. The third kappa shape index (κ3) is 1.45. The van der Waals surface area contributed by atoms with Crippen molar-refractivity contribution in [2.45, 2.75) is 0 Å². The molecule has 0 amide bonds. The van der Waals surface area contributed by atoms with Gasteiger partial charge in [0.25, 0.3) is 5.56 Å². The molecule has 1 aromatic rings. The summed E-state index contributed by atoms with van der Waals surface area (Å²) in [6.07, 6.45) is 1.09. The number of carbonyl (C=O) groups excluding carboxylic acids is 1. The van der Waals surface area contributed by atoms with Crippen LogP contribution in [0.1, 0.15) is 10.4 Å². The van der Waals surface area contributed by atoms with Crippen LogP contribution in [-0.2, 0) is 4.74 Å². The van der Waals surface area contributed by atoms with Crippen LogP contribution >= 0.6 is 0 Å². The second kappa shape index (κ2) is 3.08. The number of nitrogens with one attached hydrogen (secondary N) is 1. The molecule has 0 unspecified atom stereocenters. The Balaban J connectivity index is 3.23. The molecule has 0 aliphatic heterocycles. The van der Waals surface area contributed by atoms with Crippen LogP contribution in [0.5, 0.6) is 5.75 Å². The topological polar surface area (TPSA) is 79.4 Å². The molecule has 12 heavy (non-hydrogen) atoms. The fourth-order valence-corrected chi connectivity index (χ4v) is 0.734. The molecule has 0 aliphatic rings. The first-order valence-electron chi connectivity index (χ1n) is 3.15. The zero-order chi connectivity index (χ0) is 9.14. The van der Waals surface area contributed by atoms with Crippen molar-refractivity contribution in [3.05, 3.63) is 28.2 Å². The number of methoxy groups -OCH3 is 1. The zero-order valence-corrected chi connectivity index (χ0v) is 6.33. The van der Waals surface area contributed by atoms with E-state index < -0.39 is 11.5 Å². The van der Waals surface area contributed by atoms with Crippen molar-refractivity contribution >= 4 is 5.97 Å². The lowest BCUT2D eigenvalue weighted by Crippen LogP contribution is -2.17. The molecule has 1 aromatic heterocycles. The minimum atomic E-state index is -0.771. The molecule has 5 nitrogen and oxygen atoms in total. The van der Waals surface area contributed by atoms with Gasteiger partial charge in [0.1, 0.15) is 11.3 Å². The van der Waals surface area contributed by atoms with Gasteiger partial charge in [-0.15, -0.1) is 0 Å². The highest BCUT2D eigenvalue weighted by atomic mass is 16.5. The first-order valence-corrected chi connectivity index (χ1v) is 3.15. The van der Waals surface area contributed by atoms with Crippen LogP contribution in [0.3, 0.4) is 0 Å². The Bertz CT molecular complexity index is 355. The van der Waals surface area contributed by atoms with Crippen molar-refractivity contribution in [3.63, 3.8) is 0 Å². The third-order valence-electron chi connectivity index (χ3n) is 1.29. The summed E-state index contributed by atoms with van der Waals surface area (Å²) in [5.41, 5.74) is -0.794. The number of hydrogen-bond acceptors (Lipinski definition) is 4. The van der Waals surface area contributed by atoms with Crippen molar-refractivity contribution < 1.29 is 14.6 Å². The minimum absolute atomic E-state index is 0.185. The van der Waals surface area contributed by atoms with E-state index in [-0.39, 0.29) is 11.3 Å². The quantitative estimate of drug-likeness (QED) is 0.574. The number of carbonyl (C=O) groups is 1. The predicted octanol–water partition coefficient (Wildman–Crippen LogP) is -0.133. The highest BCUT2D eigenvalue weighted by molar-refractivity contribution is 5.89. The monoisotopic (exact) mass is 169 g/mol. The van der Waals surface area contributed by atoms with Crippen LogP contribution in [0, 0.1) is 0 Å². The van der Waals surface area contributed by atoms with Gasteiger partial charge in [0.15, 0.2) is 0 Å². The molecule has 1 rings (SSSR count). The maximum Gasteiger partial charge on any atom is 0.343 e. The van der Waals surface area contributed by atoms with E-state index in [1.807, 2.05) is 0 Å². The Kier molecular flexibility index (Phi) is 2.14. The number of pyridine rings is 1. The SMILES string of the molecule is COC(=O)c1cc(O)c[nH]c1=O. The Morgan fingerprint density at radius 2 is 2.33 bits per heavy atom. The lowest BCUT2D eigenvalue weighted by molar-refractivity contribution is 0.0598. The molecule has 0 aromatic carbocycles. The van der Waals surface area contributed by atoms with Gasteiger partial charge in [0.2, 0.25) is 0 Å². The molecule has 0 atom stereocenters. The summed E-state index contributed by atoms with van der Waals surface area (Å²) < 4.78 is 4.30. The molecule has 0 saturated carbocycles. The number of ether oxygens (including phenoxy) is 1. The normalized spacial score (nSPS) is 9.42. The van der Waals surface area contributed by atoms with Crippen LogP contribution < -0.4 is 5.56 Å². The average Bonchev–Trinajstić information content (AvgIpc) is 2.08. The molecule has 0 radical (unpaired) electrons. The molecule has 0 aliphatic carbocycles. The first-order chi connectivity index (χ1) is 5.65. The minimum Gasteiger partial charge on any atom is -0.506 e. The molecule has 2 N–H and O–H groups in total. The van der Waals surface area contributed by atoms with Gasteiger partial charge < -0.3 is 14.8 Å². The summed E-state index contributed by atoms with van der Waals surface area (Å²) in [6.45, 7) is 0. The summed E-state index contributed by atoms with van der Waals surface area (Å²) in [7, 11) is 1.16. The van der Waals surface area contributed by atoms with Crippen LogP contribution in [0.4, 0.5) is 0 Å². The average molecular weight is 169 g/mol. The van der Waals surface area contributed by atoms with Gasteiger partial charge in [-0.05, 0) is 0 Å². The Morgan fingerprint density at radius 3 is 2.92 bits per heavy atom. The van der Waals surface area contributed by atoms with Crippen LogP contribution in [-0.4, -0.2) is 23.2 Å². The summed E-state index contributed by atoms with van der Waals surface area (Å²) >= 11 is 0. The third-order valence-corrected chi connectivity index (χ3v) is 1.29. The number of hydrogen-bond donors (Lipinski definition) is 2. The van der Waals surface area contributed by atoms with Crippen LogP contribution in [0.2, 0.25) is 0 Å². The lowest BCUT2D eigenvalue weighted by atomic mass is 10.3. The molecule has 0 saturated heterocycles. The second-order valence-corrected chi connectivity index (χ2v) is 2.09. The molecule has 1 heterocycles. The van der Waals surface area contributed by atoms with Crippen LogP contribution in [0.15, 0.2) is 17.1 Å². The van der Waals surface area contributed by atoms with E-state index in [0.29, 0.717) is 0 Å². The predicted molar refractivity (Wildman–Crippen MR) is 40.1 cm³/mol. The number of aromatic amines is 1. The van der Waals surface area contributed by atoms with Gasteiger partial charge in [-0.3, -0.25) is 4.79 Å². The molecular formula is C7H7NO4.